The van der Waals surface area contributed by atoms with Gasteiger partial charge in [-0.3, -0.25) is 0 Å². The molecule has 0 aromatic carbocycles. The Hall–Kier alpha value is -1.31. The van der Waals surface area contributed by atoms with Crippen LogP contribution < -0.4 is 4.90 Å². The zero-order chi connectivity index (χ0) is 14.2. The van der Waals surface area contributed by atoms with Crippen LogP contribution in [0.15, 0.2) is 6.33 Å². The van der Waals surface area contributed by atoms with Crippen LogP contribution in [-0.4, -0.2) is 49.2 Å². The molecule has 0 N–H and O–H groups in total. The molecule has 1 fully saturated rings. The predicted molar refractivity (Wildman–Crippen MR) is 67.1 cm³/mol. The molecule has 0 bridgehead atoms. The van der Waals surface area contributed by atoms with Gasteiger partial charge in [-0.05, 0) is 6.92 Å². The van der Waals surface area contributed by atoms with Crippen LogP contribution in [0.25, 0.3) is 0 Å². The number of rotatable bonds is 3. The molecule has 8 heteroatoms. The van der Waals surface area contributed by atoms with Crippen molar-refractivity contribution < 1.29 is 17.2 Å². The first-order chi connectivity index (χ1) is 8.78. The maximum Gasteiger partial charge on any atom is 0.186 e. The van der Waals surface area contributed by atoms with E-state index in [0.29, 0.717) is 0 Å². The normalized spacial score (nSPS) is 23.9. The Balaban J connectivity index is 2.33. The fourth-order valence-corrected chi connectivity index (χ4v) is 3.29. The molecule has 106 valence electrons. The highest BCUT2D eigenvalue weighted by molar-refractivity contribution is 7.90. The van der Waals surface area contributed by atoms with Crippen LogP contribution in [0.4, 0.5) is 14.6 Å². The average molecular weight is 291 g/mol. The quantitative estimate of drug-likeness (QED) is 0.827. The maximum absolute atomic E-state index is 13.9. The van der Waals surface area contributed by atoms with Gasteiger partial charge in [-0.25, -0.2) is 27.2 Å². The summed E-state index contributed by atoms with van der Waals surface area (Å²) in [5, 5.41) is 0. The van der Waals surface area contributed by atoms with E-state index in [1.165, 1.54) is 18.2 Å². The number of halogens is 2. The topological polar surface area (TPSA) is 63.2 Å². The summed E-state index contributed by atoms with van der Waals surface area (Å²) in [6.45, 7) is 1.43. The molecule has 0 spiro atoms. The lowest BCUT2D eigenvalue weighted by atomic mass is 10.2. The number of aromatic nitrogens is 2. The highest BCUT2D eigenvalue weighted by Gasteiger charge is 2.36. The van der Waals surface area contributed by atoms with Crippen molar-refractivity contribution in [1.29, 1.82) is 0 Å². The number of anilines is 1. The summed E-state index contributed by atoms with van der Waals surface area (Å²) in [7, 11) is -3.27. The molecule has 2 rings (SSSR count). The molecule has 2 heterocycles. The lowest BCUT2D eigenvalue weighted by molar-refractivity contribution is 0.358. The monoisotopic (exact) mass is 291 g/mol. The van der Waals surface area contributed by atoms with Crippen molar-refractivity contribution in [1.82, 2.24) is 9.97 Å². The van der Waals surface area contributed by atoms with Crippen molar-refractivity contribution >= 4 is 15.7 Å². The molecule has 0 aliphatic carbocycles. The molecule has 0 radical (unpaired) electrons. The first-order valence-electron chi connectivity index (χ1n) is 5.83. The molecule has 1 aliphatic rings. The smallest absolute Gasteiger partial charge is 0.186 e. The third kappa shape index (κ3) is 3.17. The van der Waals surface area contributed by atoms with E-state index in [-0.39, 0.29) is 30.2 Å². The second-order valence-corrected chi connectivity index (χ2v) is 7.01. The Kier molecular flexibility index (Phi) is 3.71. The number of aryl methyl sites for hydroxylation is 1. The summed E-state index contributed by atoms with van der Waals surface area (Å²) in [4.78, 5) is 8.90. The van der Waals surface area contributed by atoms with E-state index in [1.54, 1.807) is 0 Å². The minimum absolute atomic E-state index is 0.0266. The second-order valence-electron chi connectivity index (χ2n) is 4.83. The van der Waals surface area contributed by atoms with Gasteiger partial charge in [0.2, 0.25) is 0 Å². The first kappa shape index (κ1) is 14.1. The number of nitrogens with zero attached hydrogens (tertiary/aromatic N) is 3. The minimum atomic E-state index is -3.27. The molecule has 2 atom stereocenters. The van der Waals surface area contributed by atoms with Gasteiger partial charge in [-0.2, -0.15) is 0 Å². The fourth-order valence-electron chi connectivity index (χ4n) is 2.27. The van der Waals surface area contributed by atoms with Crippen LogP contribution in [0, 0.1) is 12.7 Å². The van der Waals surface area contributed by atoms with Crippen LogP contribution in [-0.2, 0) is 9.84 Å². The predicted octanol–water partition coefficient (Wildman–Crippen LogP) is 0.886. The van der Waals surface area contributed by atoms with Crippen molar-refractivity contribution in [3.8, 4) is 0 Å². The molecular formula is C11H15F2N3O2S. The van der Waals surface area contributed by atoms with Gasteiger partial charge in [-0.15, -0.1) is 0 Å². The molecular weight excluding hydrogens is 276 g/mol. The molecule has 1 aromatic rings. The highest BCUT2D eigenvalue weighted by Crippen LogP contribution is 2.28. The Morgan fingerprint density at radius 3 is 2.79 bits per heavy atom. The molecule has 0 unspecified atom stereocenters. The summed E-state index contributed by atoms with van der Waals surface area (Å²) in [5.41, 5.74) is 0.158. The fraction of sp³-hybridized carbons (Fsp3) is 0.636. The van der Waals surface area contributed by atoms with E-state index < -0.39 is 27.9 Å². The Labute approximate surface area is 110 Å². The van der Waals surface area contributed by atoms with Crippen molar-refractivity contribution in [2.75, 3.05) is 23.5 Å². The molecule has 1 aliphatic heterocycles. The Bertz CT molecular complexity index is 579. The third-order valence-corrected chi connectivity index (χ3v) is 4.07. The van der Waals surface area contributed by atoms with Crippen LogP contribution in [0.2, 0.25) is 0 Å². The lowest BCUT2D eigenvalue weighted by Gasteiger charge is -2.25. The SMILES string of the molecule is Cc1ncnc(N2C[C@@H](F)C[C@H]2CS(C)(=O)=O)c1F. The van der Waals surface area contributed by atoms with Gasteiger partial charge in [-0.1, -0.05) is 0 Å². The van der Waals surface area contributed by atoms with Gasteiger partial charge in [0.1, 0.15) is 22.3 Å². The van der Waals surface area contributed by atoms with Gasteiger partial charge in [0.15, 0.2) is 11.6 Å². The third-order valence-electron chi connectivity index (χ3n) is 3.08. The highest BCUT2D eigenvalue weighted by atomic mass is 32.2. The average Bonchev–Trinajstić information content (AvgIpc) is 2.61. The molecule has 0 amide bonds. The van der Waals surface area contributed by atoms with Crippen molar-refractivity contribution in [2.45, 2.75) is 25.6 Å². The molecule has 1 saturated heterocycles. The number of sulfone groups is 1. The van der Waals surface area contributed by atoms with Gasteiger partial charge in [0, 0.05) is 18.7 Å². The van der Waals surface area contributed by atoms with E-state index in [1.807, 2.05) is 0 Å². The molecule has 0 saturated carbocycles. The summed E-state index contributed by atoms with van der Waals surface area (Å²) < 4.78 is 50.2. The van der Waals surface area contributed by atoms with E-state index in [9.17, 15) is 17.2 Å². The Morgan fingerprint density at radius 2 is 2.16 bits per heavy atom. The van der Waals surface area contributed by atoms with E-state index in [0.717, 1.165) is 6.26 Å². The zero-order valence-corrected chi connectivity index (χ0v) is 11.5. The van der Waals surface area contributed by atoms with E-state index >= 15 is 0 Å². The van der Waals surface area contributed by atoms with Gasteiger partial charge >= 0.3 is 0 Å². The number of hydrogen-bond acceptors (Lipinski definition) is 5. The Morgan fingerprint density at radius 1 is 1.47 bits per heavy atom. The summed E-state index contributed by atoms with van der Waals surface area (Å²) in [5.74, 6) is -0.869. The zero-order valence-electron chi connectivity index (χ0n) is 10.7. The van der Waals surface area contributed by atoms with Crippen molar-refractivity contribution in [2.24, 2.45) is 0 Å². The van der Waals surface area contributed by atoms with Crippen LogP contribution in [0.5, 0.6) is 0 Å². The largest absolute Gasteiger partial charge is 0.347 e. The maximum atomic E-state index is 13.9. The summed E-state index contributed by atoms with van der Waals surface area (Å²) in [6, 6.07) is -0.589. The van der Waals surface area contributed by atoms with Crippen molar-refractivity contribution in [3.05, 3.63) is 17.8 Å². The van der Waals surface area contributed by atoms with E-state index in [4.69, 9.17) is 0 Å². The van der Waals surface area contributed by atoms with E-state index in [2.05, 4.69) is 9.97 Å². The van der Waals surface area contributed by atoms with Gasteiger partial charge in [0.25, 0.3) is 0 Å². The molecule has 19 heavy (non-hydrogen) atoms. The summed E-state index contributed by atoms with van der Waals surface area (Å²) in [6.07, 6.45) is 1.16. The second kappa shape index (κ2) is 4.99. The molecule has 5 nitrogen and oxygen atoms in total. The molecule has 1 aromatic heterocycles. The van der Waals surface area contributed by atoms with Crippen LogP contribution >= 0.6 is 0 Å². The standard InChI is InChI=1S/C11H15F2N3O2S/c1-7-10(13)11(15-6-14-7)16-4-8(12)3-9(16)5-19(2,17)18/h6,8-9H,3-5H2,1-2H3/t8-,9-/m0/s1. The van der Waals surface area contributed by atoms with Gasteiger partial charge < -0.3 is 4.90 Å². The van der Waals surface area contributed by atoms with Crippen LogP contribution in [0.3, 0.4) is 0 Å². The minimum Gasteiger partial charge on any atom is -0.347 e. The number of hydrogen-bond donors (Lipinski definition) is 0. The van der Waals surface area contributed by atoms with Crippen molar-refractivity contribution in [3.63, 3.8) is 0 Å². The van der Waals surface area contributed by atoms with Gasteiger partial charge in [0.05, 0.1) is 18.0 Å². The number of alkyl halides is 1. The summed E-state index contributed by atoms with van der Waals surface area (Å²) >= 11 is 0. The first-order valence-corrected chi connectivity index (χ1v) is 7.89. The lowest BCUT2D eigenvalue weighted by Crippen LogP contribution is -2.36. The van der Waals surface area contributed by atoms with Crippen LogP contribution in [0.1, 0.15) is 12.1 Å².